The van der Waals surface area contributed by atoms with E-state index >= 15 is 0 Å². The van der Waals surface area contributed by atoms with Gasteiger partial charge in [-0.3, -0.25) is 9.59 Å². The number of aromatic nitrogens is 3. The molecule has 0 aliphatic rings. The highest BCUT2D eigenvalue weighted by atomic mass is 16.5. The number of aromatic amines is 1. The molecule has 0 saturated heterocycles. The summed E-state index contributed by atoms with van der Waals surface area (Å²) in [7, 11) is 3.20. The summed E-state index contributed by atoms with van der Waals surface area (Å²) in [5.41, 5.74) is 2.88. The van der Waals surface area contributed by atoms with Gasteiger partial charge in [-0.1, -0.05) is 37.3 Å². The monoisotopic (exact) mass is 460 g/mol. The molecule has 0 spiro atoms. The van der Waals surface area contributed by atoms with Crippen molar-refractivity contribution in [1.82, 2.24) is 20.1 Å². The van der Waals surface area contributed by atoms with Crippen LogP contribution in [0, 0.1) is 0 Å². The van der Waals surface area contributed by atoms with Crippen LogP contribution in [0.3, 0.4) is 0 Å². The Morgan fingerprint density at radius 3 is 2.65 bits per heavy atom. The van der Waals surface area contributed by atoms with Crippen LogP contribution in [0.15, 0.2) is 65.6 Å². The number of aryl methyl sites for hydroxylation is 1. The van der Waals surface area contributed by atoms with Crippen LogP contribution in [0.5, 0.6) is 11.5 Å². The number of amides is 1. The summed E-state index contributed by atoms with van der Waals surface area (Å²) < 4.78 is 12.5. The van der Waals surface area contributed by atoms with Gasteiger partial charge in [0.15, 0.2) is 11.5 Å². The fourth-order valence-corrected chi connectivity index (χ4v) is 4.18. The zero-order valence-corrected chi connectivity index (χ0v) is 19.5. The third kappa shape index (κ3) is 4.52. The Bertz CT molecular complexity index is 1360. The summed E-state index contributed by atoms with van der Waals surface area (Å²) in [5, 5.41) is 8.29. The molecule has 4 rings (SSSR count). The first kappa shape index (κ1) is 23.1. The molecule has 8 nitrogen and oxygen atoms in total. The van der Waals surface area contributed by atoms with Gasteiger partial charge in [0, 0.05) is 47.7 Å². The number of methoxy groups -OCH3 is 2. The van der Waals surface area contributed by atoms with Gasteiger partial charge in [0.2, 0.25) is 0 Å². The molecule has 4 aromatic rings. The maximum atomic E-state index is 13.0. The maximum absolute atomic E-state index is 13.0. The average molecular weight is 461 g/mol. The molecule has 8 heteroatoms. The summed E-state index contributed by atoms with van der Waals surface area (Å²) in [6.07, 6.45) is 2.70. The topological polar surface area (TPSA) is 98.2 Å². The summed E-state index contributed by atoms with van der Waals surface area (Å²) in [5.74, 6) is 0.650. The SMILES string of the molecule is CCCn1nc(C(=O)NCC(c2cccc(OC)c2OC)c2c[nH]c3ccccc23)ccc1=O. The molecule has 34 heavy (non-hydrogen) atoms. The van der Waals surface area contributed by atoms with Crippen molar-refractivity contribution in [1.29, 1.82) is 0 Å². The molecule has 0 bridgehead atoms. The quantitative estimate of drug-likeness (QED) is 0.397. The van der Waals surface area contributed by atoms with Gasteiger partial charge < -0.3 is 19.8 Å². The Kier molecular flexibility index (Phi) is 6.96. The number of rotatable bonds is 9. The van der Waals surface area contributed by atoms with E-state index in [2.05, 4.69) is 15.4 Å². The predicted octanol–water partition coefficient (Wildman–Crippen LogP) is 3.71. The zero-order chi connectivity index (χ0) is 24.1. The number of benzene rings is 2. The van der Waals surface area contributed by atoms with Gasteiger partial charge in [-0.15, -0.1) is 0 Å². The molecule has 1 unspecified atom stereocenters. The van der Waals surface area contributed by atoms with Crippen LogP contribution in [0.1, 0.15) is 40.9 Å². The number of hydrogen-bond donors (Lipinski definition) is 2. The largest absolute Gasteiger partial charge is 0.493 e. The van der Waals surface area contributed by atoms with E-state index in [0.29, 0.717) is 24.6 Å². The summed E-state index contributed by atoms with van der Waals surface area (Å²) in [6.45, 7) is 2.70. The van der Waals surface area contributed by atoms with E-state index in [0.717, 1.165) is 28.5 Å². The lowest BCUT2D eigenvalue weighted by Gasteiger charge is -2.22. The summed E-state index contributed by atoms with van der Waals surface area (Å²) >= 11 is 0. The van der Waals surface area contributed by atoms with Crippen LogP contribution in [-0.2, 0) is 6.54 Å². The number of hydrogen-bond acceptors (Lipinski definition) is 5. The molecule has 0 radical (unpaired) electrons. The molecule has 0 aliphatic carbocycles. The molecule has 1 atom stereocenters. The first-order valence-electron chi connectivity index (χ1n) is 11.2. The maximum Gasteiger partial charge on any atom is 0.271 e. The highest BCUT2D eigenvalue weighted by molar-refractivity contribution is 5.92. The van der Waals surface area contributed by atoms with Gasteiger partial charge >= 0.3 is 0 Å². The molecule has 2 aromatic heterocycles. The van der Waals surface area contributed by atoms with Gasteiger partial charge in [0.1, 0.15) is 5.69 Å². The van der Waals surface area contributed by atoms with Crippen LogP contribution in [0.2, 0.25) is 0 Å². The number of carbonyl (C=O) groups excluding carboxylic acids is 1. The lowest BCUT2D eigenvalue weighted by atomic mass is 9.89. The molecule has 0 saturated carbocycles. The number of carbonyl (C=O) groups is 1. The van der Waals surface area contributed by atoms with Crippen LogP contribution in [0.25, 0.3) is 10.9 Å². The standard InChI is InChI=1S/C26H28N4O4/c1-4-14-30-24(31)13-12-22(29-30)26(32)28-16-20(18-9-7-11-23(33-2)25(18)34-3)19-15-27-21-10-6-5-8-17(19)21/h5-13,15,20,27H,4,14,16H2,1-3H3,(H,28,32). The van der Waals surface area contributed by atoms with E-state index in [-0.39, 0.29) is 23.1 Å². The zero-order valence-electron chi connectivity index (χ0n) is 19.5. The molecule has 2 N–H and O–H groups in total. The Morgan fingerprint density at radius 1 is 1.06 bits per heavy atom. The van der Waals surface area contributed by atoms with E-state index in [4.69, 9.17) is 9.47 Å². The number of H-pyrrole nitrogens is 1. The fourth-order valence-electron chi connectivity index (χ4n) is 4.18. The van der Waals surface area contributed by atoms with Crippen molar-refractivity contribution >= 4 is 16.8 Å². The lowest BCUT2D eigenvalue weighted by molar-refractivity contribution is 0.0944. The molecule has 0 aliphatic heterocycles. The lowest BCUT2D eigenvalue weighted by Crippen LogP contribution is -2.32. The van der Waals surface area contributed by atoms with Crippen molar-refractivity contribution in [3.63, 3.8) is 0 Å². The minimum Gasteiger partial charge on any atom is -0.493 e. The van der Waals surface area contributed by atoms with Crippen molar-refractivity contribution in [3.05, 3.63) is 88.0 Å². The highest BCUT2D eigenvalue weighted by Gasteiger charge is 2.24. The Hall–Kier alpha value is -4.07. The van der Waals surface area contributed by atoms with Gasteiger partial charge in [-0.05, 0) is 30.2 Å². The number of nitrogens with one attached hydrogen (secondary N) is 2. The second kappa shape index (κ2) is 10.2. The molecular weight excluding hydrogens is 432 g/mol. The van der Waals surface area contributed by atoms with Gasteiger partial charge in [-0.2, -0.15) is 5.10 Å². The molecule has 2 aromatic carbocycles. The van der Waals surface area contributed by atoms with Crippen molar-refractivity contribution in [2.24, 2.45) is 0 Å². The van der Waals surface area contributed by atoms with Crippen molar-refractivity contribution in [2.75, 3.05) is 20.8 Å². The Morgan fingerprint density at radius 2 is 1.88 bits per heavy atom. The van der Waals surface area contributed by atoms with Crippen LogP contribution in [0.4, 0.5) is 0 Å². The minimum atomic E-state index is -0.350. The van der Waals surface area contributed by atoms with Crippen LogP contribution in [-0.4, -0.2) is 41.4 Å². The first-order chi connectivity index (χ1) is 16.6. The van der Waals surface area contributed by atoms with Crippen molar-refractivity contribution in [3.8, 4) is 11.5 Å². The second-order valence-electron chi connectivity index (χ2n) is 7.91. The van der Waals surface area contributed by atoms with Crippen molar-refractivity contribution < 1.29 is 14.3 Å². The summed E-state index contributed by atoms with van der Waals surface area (Å²) in [6, 6.07) is 16.6. The predicted molar refractivity (Wildman–Crippen MR) is 131 cm³/mol. The van der Waals surface area contributed by atoms with E-state index in [9.17, 15) is 9.59 Å². The Labute approximate surface area is 197 Å². The van der Waals surface area contributed by atoms with E-state index in [1.807, 2.05) is 55.6 Å². The number of para-hydroxylation sites is 2. The van der Waals surface area contributed by atoms with E-state index < -0.39 is 0 Å². The molecular formula is C26H28N4O4. The number of nitrogens with zero attached hydrogens (tertiary/aromatic N) is 2. The molecule has 2 heterocycles. The average Bonchev–Trinajstić information content (AvgIpc) is 3.29. The van der Waals surface area contributed by atoms with E-state index in [1.54, 1.807) is 14.2 Å². The molecule has 0 fully saturated rings. The van der Waals surface area contributed by atoms with Crippen LogP contribution >= 0.6 is 0 Å². The second-order valence-corrected chi connectivity index (χ2v) is 7.91. The number of ether oxygens (including phenoxy) is 2. The third-order valence-electron chi connectivity index (χ3n) is 5.81. The van der Waals surface area contributed by atoms with Gasteiger partial charge in [-0.25, -0.2) is 4.68 Å². The van der Waals surface area contributed by atoms with Gasteiger partial charge in [0.05, 0.1) is 14.2 Å². The van der Waals surface area contributed by atoms with E-state index in [1.165, 1.54) is 16.8 Å². The smallest absolute Gasteiger partial charge is 0.271 e. The van der Waals surface area contributed by atoms with Crippen molar-refractivity contribution in [2.45, 2.75) is 25.8 Å². The minimum absolute atomic E-state index is 0.198. The molecule has 176 valence electrons. The molecule has 1 amide bonds. The normalized spacial score (nSPS) is 11.9. The highest BCUT2D eigenvalue weighted by Crippen LogP contribution is 2.40. The number of fused-ring (bicyclic) bond motifs is 1. The van der Waals surface area contributed by atoms with Gasteiger partial charge in [0.25, 0.3) is 11.5 Å². The van der Waals surface area contributed by atoms with Crippen LogP contribution < -0.4 is 20.3 Å². The first-order valence-corrected chi connectivity index (χ1v) is 11.2. The third-order valence-corrected chi connectivity index (χ3v) is 5.81. The fraction of sp³-hybridized carbons (Fsp3) is 0.269. The Balaban J connectivity index is 1.71. The summed E-state index contributed by atoms with van der Waals surface area (Å²) in [4.78, 5) is 28.3.